The van der Waals surface area contributed by atoms with Crippen molar-refractivity contribution >= 4 is 11.5 Å². The highest BCUT2D eigenvalue weighted by molar-refractivity contribution is 5.40. The molecule has 0 aliphatic carbocycles. The molecule has 0 fully saturated rings. The number of nitrogens with zero attached hydrogens (tertiary/aromatic N) is 2. The maximum atomic E-state index is 13.4. The number of benzene rings is 1. The van der Waals surface area contributed by atoms with Gasteiger partial charge in [-0.3, -0.25) is 10.1 Å². The fraction of sp³-hybridized carbons (Fsp3) is 0.154. The quantitative estimate of drug-likeness (QED) is 0.646. The Balaban J connectivity index is 1.98. The molecule has 0 aliphatic heterocycles. The summed E-state index contributed by atoms with van der Waals surface area (Å²) in [5.74, 6) is -0.121. The maximum Gasteiger partial charge on any atom is 0.287 e. The molecule has 0 saturated heterocycles. The molecule has 0 amide bonds. The van der Waals surface area contributed by atoms with Crippen LogP contribution in [0.15, 0.2) is 42.6 Å². The Kier molecular flexibility index (Phi) is 4.21. The number of nitro groups is 1. The zero-order chi connectivity index (χ0) is 14.5. The van der Waals surface area contributed by atoms with E-state index in [4.69, 9.17) is 0 Å². The molecule has 1 aromatic carbocycles. The first-order valence-electron chi connectivity index (χ1n) is 5.84. The van der Waals surface area contributed by atoms with Crippen LogP contribution in [0.1, 0.15) is 11.7 Å². The molecule has 104 valence electrons. The number of nitrogens with one attached hydrogen (secondary N) is 1. The standard InChI is InChI=1S/C13H12FN3O3/c14-11-4-2-1-3-10(11)12(18)8-16-13-6-5-9(7-15-13)17(19)20/h1-7,12,18H,8H2,(H,15,16)/t12-/m1/s1. The largest absolute Gasteiger partial charge is 0.386 e. The lowest BCUT2D eigenvalue weighted by Crippen LogP contribution is -2.14. The fourth-order valence-corrected chi connectivity index (χ4v) is 1.66. The maximum absolute atomic E-state index is 13.4. The van der Waals surface area contributed by atoms with Crippen molar-refractivity contribution in [3.8, 4) is 0 Å². The van der Waals surface area contributed by atoms with Crippen LogP contribution in [0.25, 0.3) is 0 Å². The van der Waals surface area contributed by atoms with E-state index < -0.39 is 16.8 Å². The average molecular weight is 277 g/mol. The number of aliphatic hydroxyl groups excluding tert-OH is 1. The van der Waals surface area contributed by atoms with Gasteiger partial charge in [-0.05, 0) is 12.1 Å². The minimum absolute atomic E-state index is 0.0474. The van der Waals surface area contributed by atoms with Crippen LogP contribution in [-0.4, -0.2) is 21.6 Å². The zero-order valence-corrected chi connectivity index (χ0v) is 10.4. The van der Waals surface area contributed by atoms with Crippen LogP contribution in [0.2, 0.25) is 0 Å². The molecular weight excluding hydrogens is 265 g/mol. The van der Waals surface area contributed by atoms with Gasteiger partial charge in [0.2, 0.25) is 0 Å². The summed E-state index contributed by atoms with van der Waals surface area (Å²) >= 11 is 0. The molecule has 20 heavy (non-hydrogen) atoms. The van der Waals surface area contributed by atoms with Gasteiger partial charge in [0.05, 0.1) is 11.0 Å². The van der Waals surface area contributed by atoms with E-state index >= 15 is 0 Å². The number of anilines is 1. The lowest BCUT2D eigenvalue weighted by atomic mass is 10.1. The molecule has 0 saturated carbocycles. The summed E-state index contributed by atoms with van der Waals surface area (Å²) in [6.07, 6.45) is 0.0749. The highest BCUT2D eigenvalue weighted by Crippen LogP contribution is 2.18. The van der Waals surface area contributed by atoms with Crippen LogP contribution >= 0.6 is 0 Å². The number of hydrogen-bond donors (Lipinski definition) is 2. The summed E-state index contributed by atoms with van der Waals surface area (Å²) in [5.41, 5.74) is 0.0621. The number of aromatic nitrogens is 1. The molecule has 0 radical (unpaired) electrons. The first-order valence-corrected chi connectivity index (χ1v) is 5.84. The second kappa shape index (κ2) is 6.07. The van der Waals surface area contributed by atoms with Gasteiger partial charge in [0.15, 0.2) is 0 Å². The Morgan fingerprint density at radius 1 is 1.35 bits per heavy atom. The van der Waals surface area contributed by atoms with Crippen LogP contribution in [0, 0.1) is 15.9 Å². The van der Waals surface area contributed by atoms with Crippen molar-refractivity contribution in [3.05, 3.63) is 64.1 Å². The minimum atomic E-state index is -1.03. The Labute approximate surface area is 114 Å². The molecule has 2 aromatic rings. The highest BCUT2D eigenvalue weighted by atomic mass is 19.1. The van der Waals surface area contributed by atoms with E-state index in [1.165, 1.54) is 30.3 Å². The molecular formula is C13H12FN3O3. The van der Waals surface area contributed by atoms with Crippen molar-refractivity contribution in [1.82, 2.24) is 4.98 Å². The third-order valence-electron chi connectivity index (χ3n) is 2.70. The number of rotatable bonds is 5. The smallest absolute Gasteiger partial charge is 0.287 e. The summed E-state index contributed by atoms with van der Waals surface area (Å²) in [5, 5.41) is 23.1. The first-order chi connectivity index (χ1) is 9.58. The molecule has 0 spiro atoms. The second-order valence-corrected chi connectivity index (χ2v) is 4.08. The normalized spacial score (nSPS) is 11.9. The van der Waals surface area contributed by atoms with Gasteiger partial charge < -0.3 is 10.4 Å². The van der Waals surface area contributed by atoms with Gasteiger partial charge in [-0.15, -0.1) is 0 Å². The van der Waals surface area contributed by atoms with E-state index in [0.717, 1.165) is 6.20 Å². The minimum Gasteiger partial charge on any atom is -0.386 e. The van der Waals surface area contributed by atoms with Crippen LogP contribution in [0.5, 0.6) is 0 Å². The Morgan fingerprint density at radius 3 is 2.70 bits per heavy atom. The number of hydrogen-bond acceptors (Lipinski definition) is 5. The third-order valence-corrected chi connectivity index (χ3v) is 2.70. The van der Waals surface area contributed by atoms with Crippen LogP contribution in [-0.2, 0) is 0 Å². The summed E-state index contributed by atoms with van der Waals surface area (Å²) in [6, 6.07) is 8.65. The van der Waals surface area contributed by atoms with Crippen LogP contribution in [0.4, 0.5) is 15.9 Å². The van der Waals surface area contributed by atoms with E-state index in [-0.39, 0.29) is 17.8 Å². The van der Waals surface area contributed by atoms with Gasteiger partial charge in [0.1, 0.15) is 17.8 Å². The summed E-state index contributed by atoms with van der Waals surface area (Å²) in [6.45, 7) is 0.0474. The molecule has 1 aromatic heterocycles. The zero-order valence-electron chi connectivity index (χ0n) is 10.4. The van der Waals surface area contributed by atoms with Crippen molar-refractivity contribution in [3.63, 3.8) is 0 Å². The molecule has 6 nitrogen and oxygen atoms in total. The topological polar surface area (TPSA) is 88.3 Å². The van der Waals surface area contributed by atoms with Crippen molar-refractivity contribution in [2.45, 2.75) is 6.10 Å². The van der Waals surface area contributed by atoms with Gasteiger partial charge in [-0.1, -0.05) is 18.2 Å². The van der Waals surface area contributed by atoms with Gasteiger partial charge in [-0.2, -0.15) is 0 Å². The summed E-state index contributed by atoms with van der Waals surface area (Å²) in [4.78, 5) is 13.7. The van der Waals surface area contributed by atoms with Gasteiger partial charge in [0.25, 0.3) is 5.69 Å². The lowest BCUT2D eigenvalue weighted by Gasteiger charge is -2.13. The highest BCUT2D eigenvalue weighted by Gasteiger charge is 2.12. The van der Waals surface area contributed by atoms with E-state index in [1.54, 1.807) is 6.07 Å². The molecule has 0 aliphatic rings. The Morgan fingerprint density at radius 2 is 2.10 bits per heavy atom. The third kappa shape index (κ3) is 3.27. The van der Waals surface area contributed by atoms with E-state index in [0.29, 0.717) is 5.82 Å². The molecule has 1 atom stereocenters. The molecule has 1 heterocycles. The van der Waals surface area contributed by atoms with E-state index in [9.17, 15) is 19.6 Å². The van der Waals surface area contributed by atoms with E-state index in [2.05, 4.69) is 10.3 Å². The predicted molar refractivity (Wildman–Crippen MR) is 70.7 cm³/mol. The molecule has 2 N–H and O–H groups in total. The second-order valence-electron chi connectivity index (χ2n) is 4.08. The number of pyridine rings is 1. The van der Waals surface area contributed by atoms with Crippen molar-refractivity contribution < 1.29 is 14.4 Å². The average Bonchev–Trinajstić information content (AvgIpc) is 2.45. The lowest BCUT2D eigenvalue weighted by molar-refractivity contribution is -0.385. The molecule has 2 rings (SSSR count). The fourth-order valence-electron chi connectivity index (χ4n) is 1.66. The number of aliphatic hydroxyl groups is 1. The van der Waals surface area contributed by atoms with Crippen molar-refractivity contribution in [2.75, 3.05) is 11.9 Å². The summed E-state index contributed by atoms with van der Waals surface area (Å²) < 4.78 is 13.4. The van der Waals surface area contributed by atoms with Crippen LogP contribution in [0.3, 0.4) is 0 Å². The summed E-state index contributed by atoms with van der Waals surface area (Å²) in [7, 11) is 0. The molecule has 0 unspecified atom stereocenters. The number of halogens is 1. The van der Waals surface area contributed by atoms with Gasteiger partial charge in [-0.25, -0.2) is 9.37 Å². The van der Waals surface area contributed by atoms with Gasteiger partial charge in [0, 0.05) is 18.2 Å². The first kappa shape index (κ1) is 13.9. The van der Waals surface area contributed by atoms with Crippen LogP contribution < -0.4 is 5.32 Å². The SMILES string of the molecule is O=[N+]([O-])c1ccc(NC[C@@H](O)c2ccccc2F)nc1. The molecule has 0 bridgehead atoms. The van der Waals surface area contributed by atoms with Gasteiger partial charge >= 0.3 is 0 Å². The monoisotopic (exact) mass is 277 g/mol. The predicted octanol–water partition coefficient (Wildman–Crippen LogP) is 2.27. The van der Waals surface area contributed by atoms with E-state index in [1.807, 2.05) is 0 Å². The molecule has 7 heteroatoms. The van der Waals surface area contributed by atoms with Crippen molar-refractivity contribution in [2.24, 2.45) is 0 Å². The van der Waals surface area contributed by atoms with Crippen molar-refractivity contribution in [1.29, 1.82) is 0 Å². The Hall–Kier alpha value is -2.54. The Bertz CT molecular complexity index is 604.